The van der Waals surface area contributed by atoms with E-state index in [-0.39, 0.29) is 17.1 Å². The van der Waals surface area contributed by atoms with Gasteiger partial charge in [0.1, 0.15) is 6.04 Å². The Morgan fingerprint density at radius 3 is 2.40 bits per heavy atom. The molecule has 1 aromatic rings. The van der Waals surface area contributed by atoms with E-state index in [1.165, 1.54) is 24.2 Å². The molecule has 0 aliphatic carbocycles. The van der Waals surface area contributed by atoms with E-state index in [1.54, 1.807) is 11.8 Å². The lowest BCUT2D eigenvalue weighted by Gasteiger charge is -2.34. The zero-order valence-electron chi connectivity index (χ0n) is 18.3. The summed E-state index contributed by atoms with van der Waals surface area (Å²) in [6.45, 7) is 7.39. The molecule has 7 nitrogen and oxygen atoms in total. The molecule has 0 spiro atoms. The van der Waals surface area contributed by atoms with Crippen LogP contribution in [-0.2, 0) is 16.0 Å². The molecule has 1 fully saturated rings. The van der Waals surface area contributed by atoms with Gasteiger partial charge >= 0.3 is 6.03 Å². The predicted molar refractivity (Wildman–Crippen MR) is 122 cm³/mol. The molecule has 1 N–H and O–H groups in total. The molecular formula is C22H34N4O3S. The Labute approximate surface area is 184 Å². The fraction of sp³-hybridized carbons (Fsp3) is 0.591. The van der Waals surface area contributed by atoms with Crippen LogP contribution in [0.3, 0.4) is 0 Å². The molecule has 3 amide bonds. The number of nitrogens with zero attached hydrogens (tertiary/aromatic N) is 3. The van der Waals surface area contributed by atoms with Crippen LogP contribution in [-0.4, -0.2) is 89.9 Å². The van der Waals surface area contributed by atoms with Gasteiger partial charge in [0.05, 0.1) is 0 Å². The van der Waals surface area contributed by atoms with Crippen LogP contribution in [0.5, 0.6) is 0 Å². The topological polar surface area (TPSA) is 73.0 Å². The quantitative estimate of drug-likeness (QED) is 0.644. The average molecular weight is 435 g/mol. The van der Waals surface area contributed by atoms with Crippen molar-refractivity contribution >= 4 is 28.8 Å². The highest BCUT2D eigenvalue weighted by atomic mass is 32.2. The molecule has 8 heteroatoms. The molecule has 1 aliphatic rings. The zero-order valence-corrected chi connectivity index (χ0v) is 19.1. The number of nitrogens with one attached hydrogen (secondary N) is 1. The average Bonchev–Trinajstić information content (AvgIpc) is 2.73. The van der Waals surface area contributed by atoms with Crippen molar-refractivity contribution in [3.05, 3.63) is 35.9 Å². The number of hydrogen-bond donors (Lipinski definition) is 1. The van der Waals surface area contributed by atoms with Crippen molar-refractivity contribution in [2.75, 3.05) is 52.1 Å². The molecule has 1 aliphatic heterocycles. The predicted octanol–water partition coefficient (Wildman–Crippen LogP) is 2.07. The van der Waals surface area contributed by atoms with Gasteiger partial charge in [0.2, 0.25) is 5.91 Å². The number of carbonyl (C=O) groups is 3. The number of amides is 3. The lowest BCUT2D eigenvalue weighted by atomic mass is 10.1. The van der Waals surface area contributed by atoms with Crippen molar-refractivity contribution in [1.82, 2.24) is 20.0 Å². The Morgan fingerprint density at radius 2 is 1.77 bits per heavy atom. The molecule has 2 rings (SSSR count). The summed E-state index contributed by atoms with van der Waals surface area (Å²) in [5, 5.41) is 2.90. The van der Waals surface area contributed by atoms with Crippen LogP contribution in [0.15, 0.2) is 30.3 Å². The van der Waals surface area contributed by atoms with Gasteiger partial charge in [-0.2, -0.15) is 0 Å². The Balaban J connectivity index is 1.87. The monoisotopic (exact) mass is 434 g/mol. The van der Waals surface area contributed by atoms with Crippen LogP contribution in [0.1, 0.15) is 25.8 Å². The molecule has 1 aromatic carbocycles. The third-order valence-corrected chi connectivity index (χ3v) is 6.01. The minimum Gasteiger partial charge on any atom is -0.338 e. The fourth-order valence-corrected chi connectivity index (χ4v) is 3.97. The summed E-state index contributed by atoms with van der Waals surface area (Å²) in [6, 6.07) is 9.34. The van der Waals surface area contributed by atoms with Crippen molar-refractivity contribution in [2.45, 2.75) is 32.7 Å². The molecule has 0 aromatic heterocycles. The lowest BCUT2D eigenvalue weighted by molar-refractivity contribution is -0.134. The van der Waals surface area contributed by atoms with Gasteiger partial charge in [-0.15, -0.1) is 0 Å². The molecule has 0 radical (unpaired) electrons. The van der Waals surface area contributed by atoms with Gasteiger partial charge in [0.25, 0.3) is 0 Å². The maximum Gasteiger partial charge on any atom is 0.318 e. The van der Waals surface area contributed by atoms with Gasteiger partial charge < -0.3 is 20.0 Å². The van der Waals surface area contributed by atoms with E-state index in [0.29, 0.717) is 31.9 Å². The first kappa shape index (κ1) is 24.2. The summed E-state index contributed by atoms with van der Waals surface area (Å²) >= 11 is 1.21. The van der Waals surface area contributed by atoms with E-state index < -0.39 is 6.04 Å². The number of likely N-dealkylation sites (N-methyl/N-ethyl adjacent to an activating group) is 1. The maximum absolute atomic E-state index is 12.9. The summed E-state index contributed by atoms with van der Waals surface area (Å²) in [6.07, 6.45) is 1.70. The van der Waals surface area contributed by atoms with E-state index in [1.807, 2.05) is 30.1 Å². The SMILES string of the molecule is CC(=O)SCCN(CCCc1ccccc1)C(=O)NC(C)C(=O)N1CCN(C)CC1. The first-order valence-corrected chi connectivity index (χ1v) is 11.6. The van der Waals surface area contributed by atoms with E-state index in [9.17, 15) is 14.4 Å². The second-order valence-corrected chi connectivity index (χ2v) is 8.99. The minimum absolute atomic E-state index is 0.0401. The molecule has 1 heterocycles. The number of thioether (sulfide) groups is 1. The van der Waals surface area contributed by atoms with Gasteiger partial charge in [-0.3, -0.25) is 9.59 Å². The van der Waals surface area contributed by atoms with Crippen molar-refractivity contribution < 1.29 is 14.4 Å². The number of urea groups is 1. The van der Waals surface area contributed by atoms with Gasteiger partial charge in [-0.05, 0) is 32.4 Å². The molecule has 166 valence electrons. The van der Waals surface area contributed by atoms with Crippen LogP contribution in [0.2, 0.25) is 0 Å². The van der Waals surface area contributed by atoms with Gasteiger partial charge in [-0.1, -0.05) is 42.1 Å². The highest BCUT2D eigenvalue weighted by Gasteiger charge is 2.26. The normalized spacial score (nSPS) is 15.5. The first-order chi connectivity index (χ1) is 14.4. The second kappa shape index (κ2) is 12.6. The van der Waals surface area contributed by atoms with E-state index in [4.69, 9.17) is 0 Å². The van der Waals surface area contributed by atoms with Gasteiger partial charge in [-0.25, -0.2) is 4.79 Å². The Bertz CT molecular complexity index is 693. The van der Waals surface area contributed by atoms with Gasteiger partial charge in [0, 0.05) is 51.9 Å². The van der Waals surface area contributed by atoms with Crippen molar-refractivity contribution in [3.63, 3.8) is 0 Å². The molecule has 0 bridgehead atoms. The van der Waals surface area contributed by atoms with Crippen LogP contribution in [0, 0.1) is 0 Å². The lowest BCUT2D eigenvalue weighted by Crippen LogP contribution is -2.55. The van der Waals surface area contributed by atoms with Crippen LogP contribution < -0.4 is 5.32 Å². The Morgan fingerprint density at radius 1 is 1.10 bits per heavy atom. The molecular weight excluding hydrogens is 400 g/mol. The Kier molecular flexibility index (Phi) is 10.2. The highest BCUT2D eigenvalue weighted by molar-refractivity contribution is 8.13. The third kappa shape index (κ3) is 8.36. The minimum atomic E-state index is -0.571. The van der Waals surface area contributed by atoms with E-state index in [2.05, 4.69) is 22.3 Å². The smallest absolute Gasteiger partial charge is 0.318 e. The van der Waals surface area contributed by atoms with E-state index >= 15 is 0 Å². The fourth-order valence-electron chi connectivity index (χ4n) is 3.37. The third-order valence-electron chi connectivity index (χ3n) is 5.22. The summed E-state index contributed by atoms with van der Waals surface area (Å²) in [7, 11) is 2.04. The van der Waals surface area contributed by atoms with Crippen LogP contribution in [0.4, 0.5) is 4.79 Å². The molecule has 1 atom stereocenters. The zero-order chi connectivity index (χ0) is 21.9. The molecule has 1 saturated heterocycles. The summed E-state index contributed by atoms with van der Waals surface area (Å²) < 4.78 is 0. The summed E-state index contributed by atoms with van der Waals surface area (Å²) in [5.41, 5.74) is 1.23. The van der Waals surface area contributed by atoms with Crippen molar-refractivity contribution in [1.29, 1.82) is 0 Å². The number of hydrogen-bond acceptors (Lipinski definition) is 5. The van der Waals surface area contributed by atoms with Crippen molar-refractivity contribution in [2.24, 2.45) is 0 Å². The van der Waals surface area contributed by atoms with Gasteiger partial charge in [0.15, 0.2) is 5.12 Å². The number of rotatable bonds is 9. The largest absolute Gasteiger partial charge is 0.338 e. The summed E-state index contributed by atoms with van der Waals surface area (Å²) in [5.74, 6) is 0.508. The number of piperazine rings is 1. The number of carbonyl (C=O) groups excluding carboxylic acids is 3. The molecule has 30 heavy (non-hydrogen) atoms. The standard InChI is InChI=1S/C22H34N4O3S/c1-18(21(28)25-14-12-24(3)13-15-25)23-22(29)26(16-17-30-19(2)27)11-7-10-20-8-5-4-6-9-20/h4-6,8-9,18H,7,10-17H2,1-3H3,(H,23,29). The van der Waals surface area contributed by atoms with E-state index in [0.717, 1.165) is 25.9 Å². The number of aryl methyl sites for hydroxylation is 1. The molecule has 1 unspecified atom stereocenters. The first-order valence-electron chi connectivity index (χ1n) is 10.6. The van der Waals surface area contributed by atoms with Crippen LogP contribution in [0.25, 0.3) is 0 Å². The number of benzene rings is 1. The van der Waals surface area contributed by atoms with Crippen LogP contribution >= 0.6 is 11.8 Å². The highest BCUT2D eigenvalue weighted by Crippen LogP contribution is 2.08. The van der Waals surface area contributed by atoms with Crippen molar-refractivity contribution in [3.8, 4) is 0 Å². The maximum atomic E-state index is 12.9. The summed E-state index contributed by atoms with van der Waals surface area (Å²) in [4.78, 5) is 42.5. The molecule has 0 saturated carbocycles. The Hall–Kier alpha value is -2.06. The second-order valence-electron chi connectivity index (χ2n) is 7.72.